The molecule has 2 rings (SSSR count). The van der Waals surface area contributed by atoms with E-state index >= 15 is 0 Å². The summed E-state index contributed by atoms with van der Waals surface area (Å²) in [6, 6.07) is 13.3. The van der Waals surface area contributed by atoms with Crippen LogP contribution >= 0.6 is 0 Å². The first kappa shape index (κ1) is 17.5. The number of Topliss-reactive ketones (excluding diaryl/α,β-unsaturated/α-hetero) is 1. The highest BCUT2D eigenvalue weighted by atomic mass is 16.5. The Balaban J connectivity index is 2.16. The molecule has 2 aromatic carbocycles. The molecule has 0 atom stereocenters. The first-order valence-electron chi connectivity index (χ1n) is 7.61. The number of ketones is 1. The number of para-hydroxylation sites is 1. The molecular formula is C19H20O5. The zero-order valence-electron chi connectivity index (χ0n) is 13.7. The molecule has 0 aliphatic heterocycles. The summed E-state index contributed by atoms with van der Waals surface area (Å²) in [5, 5.41) is 8.70. The molecule has 0 aliphatic rings. The van der Waals surface area contributed by atoms with Gasteiger partial charge in [0, 0.05) is 6.42 Å². The van der Waals surface area contributed by atoms with E-state index in [0.717, 1.165) is 16.7 Å². The number of methoxy groups -OCH3 is 1. The number of hydrogen-bond donors (Lipinski definition) is 1. The second-order valence-corrected chi connectivity index (χ2v) is 5.45. The van der Waals surface area contributed by atoms with E-state index in [1.54, 1.807) is 19.2 Å². The fraction of sp³-hybridized carbons (Fsp3) is 0.263. The van der Waals surface area contributed by atoms with E-state index in [9.17, 15) is 9.59 Å². The predicted octanol–water partition coefficient (Wildman–Crippen LogP) is 3.17. The highest BCUT2D eigenvalue weighted by Crippen LogP contribution is 2.32. The second-order valence-electron chi connectivity index (χ2n) is 5.45. The van der Waals surface area contributed by atoms with Crippen molar-refractivity contribution in [2.75, 3.05) is 7.11 Å². The lowest BCUT2D eigenvalue weighted by Crippen LogP contribution is -2.13. The summed E-state index contributed by atoms with van der Waals surface area (Å²) in [7, 11) is 1.54. The Hall–Kier alpha value is -2.82. The summed E-state index contributed by atoms with van der Waals surface area (Å²) < 4.78 is 11.2. The van der Waals surface area contributed by atoms with Gasteiger partial charge in [-0.05, 0) is 30.5 Å². The number of benzene rings is 2. The van der Waals surface area contributed by atoms with E-state index in [4.69, 9.17) is 14.6 Å². The summed E-state index contributed by atoms with van der Waals surface area (Å²) >= 11 is 0. The molecule has 0 amide bonds. The molecule has 0 bridgehead atoms. The van der Waals surface area contributed by atoms with E-state index < -0.39 is 11.8 Å². The maximum Gasteiger partial charge on any atom is 0.372 e. The molecule has 0 saturated carbocycles. The van der Waals surface area contributed by atoms with Crippen molar-refractivity contribution in [3.8, 4) is 11.5 Å². The molecule has 0 saturated heterocycles. The Morgan fingerprint density at radius 2 is 1.88 bits per heavy atom. The van der Waals surface area contributed by atoms with Crippen LogP contribution in [0.15, 0.2) is 42.5 Å². The van der Waals surface area contributed by atoms with Gasteiger partial charge in [-0.1, -0.05) is 42.0 Å². The van der Waals surface area contributed by atoms with Crippen molar-refractivity contribution in [3.63, 3.8) is 0 Å². The third kappa shape index (κ3) is 4.59. The van der Waals surface area contributed by atoms with Gasteiger partial charge in [0.05, 0.1) is 7.11 Å². The van der Waals surface area contributed by atoms with Crippen LogP contribution in [-0.2, 0) is 22.6 Å². The molecular weight excluding hydrogens is 308 g/mol. The molecule has 24 heavy (non-hydrogen) atoms. The van der Waals surface area contributed by atoms with Crippen LogP contribution in [0.25, 0.3) is 0 Å². The third-order valence-corrected chi connectivity index (χ3v) is 3.61. The van der Waals surface area contributed by atoms with Gasteiger partial charge in [0.25, 0.3) is 0 Å². The zero-order chi connectivity index (χ0) is 17.5. The fourth-order valence-corrected chi connectivity index (χ4v) is 2.40. The highest BCUT2D eigenvalue weighted by molar-refractivity contribution is 6.32. The summed E-state index contributed by atoms with van der Waals surface area (Å²) in [5.74, 6) is -1.13. The number of aliphatic carboxylic acids is 1. The number of aryl methyl sites for hydroxylation is 2. The number of carboxylic acids is 1. The van der Waals surface area contributed by atoms with E-state index in [1.165, 1.54) is 0 Å². The Labute approximate surface area is 140 Å². The van der Waals surface area contributed by atoms with Gasteiger partial charge in [-0.3, -0.25) is 4.79 Å². The van der Waals surface area contributed by atoms with E-state index in [1.807, 2.05) is 37.3 Å². The van der Waals surface area contributed by atoms with Crippen molar-refractivity contribution in [2.45, 2.75) is 26.4 Å². The van der Waals surface area contributed by atoms with Crippen molar-refractivity contribution in [1.82, 2.24) is 0 Å². The summed E-state index contributed by atoms with van der Waals surface area (Å²) in [6.07, 6.45) is 0.203. The van der Waals surface area contributed by atoms with Crippen LogP contribution < -0.4 is 9.47 Å². The number of rotatable bonds is 8. The van der Waals surface area contributed by atoms with Crippen molar-refractivity contribution in [3.05, 3.63) is 59.2 Å². The first-order chi connectivity index (χ1) is 11.5. The second kappa shape index (κ2) is 8.15. The minimum atomic E-state index is -1.42. The minimum absolute atomic E-state index is 0.0801. The maximum atomic E-state index is 11.3. The SMILES string of the molecule is COc1cccc(CCC(=O)C(=O)O)c1OCc1cccc(C)c1. The van der Waals surface area contributed by atoms with Gasteiger partial charge in [-0.15, -0.1) is 0 Å². The van der Waals surface area contributed by atoms with E-state index in [-0.39, 0.29) is 12.8 Å². The van der Waals surface area contributed by atoms with Crippen molar-refractivity contribution in [2.24, 2.45) is 0 Å². The van der Waals surface area contributed by atoms with Gasteiger partial charge in [-0.25, -0.2) is 4.79 Å². The van der Waals surface area contributed by atoms with Crippen LogP contribution in [0.1, 0.15) is 23.1 Å². The van der Waals surface area contributed by atoms with E-state index in [0.29, 0.717) is 18.1 Å². The quantitative estimate of drug-likeness (QED) is 0.754. The average molecular weight is 328 g/mol. The summed E-state index contributed by atoms with van der Waals surface area (Å²) in [6.45, 7) is 2.37. The summed E-state index contributed by atoms with van der Waals surface area (Å²) in [4.78, 5) is 22.0. The maximum absolute atomic E-state index is 11.3. The molecule has 126 valence electrons. The lowest BCUT2D eigenvalue weighted by molar-refractivity contribution is -0.149. The van der Waals surface area contributed by atoms with Gasteiger partial charge < -0.3 is 14.6 Å². The standard InChI is InChI=1S/C19H20O5/c1-13-5-3-6-14(11-13)12-24-18-15(7-4-8-17(18)23-2)9-10-16(20)19(21)22/h3-8,11H,9-10,12H2,1-2H3,(H,21,22). The molecule has 5 heteroatoms. The fourth-order valence-electron chi connectivity index (χ4n) is 2.40. The molecule has 0 fully saturated rings. The van der Waals surface area contributed by atoms with Gasteiger partial charge in [0.2, 0.25) is 5.78 Å². The number of carbonyl (C=O) groups is 2. The zero-order valence-corrected chi connectivity index (χ0v) is 13.7. The lowest BCUT2D eigenvalue weighted by atomic mass is 10.1. The number of ether oxygens (including phenoxy) is 2. The Morgan fingerprint density at radius 1 is 1.12 bits per heavy atom. The first-order valence-corrected chi connectivity index (χ1v) is 7.61. The largest absolute Gasteiger partial charge is 0.493 e. The van der Waals surface area contributed by atoms with Gasteiger partial charge in [-0.2, -0.15) is 0 Å². The summed E-state index contributed by atoms with van der Waals surface area (Å²) in [5.41, 5.74) is 2.91. The van der Waals surface area contributed by atoms with Crippen LogP contribution in [0.4, 0.5) is 0 Å². The molecule has 0 heterocycles. The molecule has 0 aromatic heterocycles. The molecule has 0 radical (unpaired) electrons. The van der Waals surface area contributed by atoms with E-state index in [2.05, 4.69) is 0 Å². The van der Waals surface area contributed by atoms with Crippen LogP contribution in [0.2, 0.25) is 0 Å². The molecule has 0 aliphatic carbocycles. The number of carboxylic acid groups (broad SMARTS) is 1. The highest BCUT2D eigenvalue weighted by Gasteiger charge is 2.15. The van der Waals surface area contributed by atoms with Crippen LogP contribution in [0.5, 0.6) is 11.5 Å². The molecule has 0 unspecified atom stereocenters. The topological polar surface area (TPSA) is 72.8 Å². The molecule has 5 nitrogen and oxygen atoms in total. The smallest absolute Gasteiger partial charge is 0.372 e. The lowest BCUT2D eigenvalue weighted by Gasteiger charge is -2.15. The number of carbonyl (C=O) groups excluding carboxylic acids is 1. The molecule has 1 N–H and O–H groups in total. The normalized spacial score (nSPS) is 10.2. The van der Waals surface area contributed by atoms with Crippen molar-refractivity contribution in [1.29, 1.82) is 0 Å². The van der Waals surface area contributed by atoms with Crippen molar-refractivity contribution < 1.29 is 24.2 Å². The van der Waals surface area contributed by atoms with Crippen molar-refractivity contribution >= 4 is 11.8 Å². The number of hydrogen-bond acceptors (Lipinski definition) is 4. The monoisotopic (exact) mass is 328 g/mol. The van der Waals surface area contributed by atoms with Gasteiger partial charge >= 0.3 is 5.97 Å². The Morgan fingerprint density at radius 3 is 2.54 bits per heavy atom. The predicted molar refractivity (Wildman–Crippen MR) is 89.5 cm³/mol. The third-order valence-electron chi connectivity index (χ3n) is 3.61. The Bertz CT molecular complexity index is 736. The van der Waals surface area contributed by atoms with Gasteiger partial charge in [0.1, 0.15) is 6.61 Å². The molecule has 2 aromatic rings. The van der Waals surface area contributed by atoms with Crippen LogP contribution in [0, 0.1) is 6.92 Å². The average Bonchev–Trinajstić information content (AvgIpc) is 2.57. The Kier molecular flexibility index (Phi) is 5.95. The van der Waals surface area contributed by atoms with Crippen LogP contribution in [-0.4, -0.2) is 24.0 Å². The van der Waals surface area contributed by atoms with Crippen LogP contribution in [0.3, 0.4) is 0 Å². The minimum Gasteiger partial charge on any atom is -0.493 e. The van der Waals surface area contributed by atoms with Gasteiger partial charge in [0.15, 0.2) is 11.5 Å². The molecule has 0 spiro atoms.